The van der Waals surface area contributed by atoms with Crippen molar-refractivity contribution >= 4 is 11.9 Å². The second-order valence-corrected chi connectivity index (χ2v) is 9.45. The molecule has 1 amide bonds. The summed E-state index contributed by atoms with van der Waals surface area (Å²) in [6.07, 6.45) is 12.1. The average molecular weight is 525 g/mol. The Morgan fingerprint density at radius 1 is 1.24 bits per heavy atom. The summed E-state index contributed by atoms with van der Waals surface area (Å²) < 4.78 is 39.3. The van der Waals surface area contributed by atoms with Crippen molar-refractivity contribution in [1.29, 1.82) is 0 Å². The molecule has 1 aliphatic heterocycles. The van der Waals surface area contributed by atoms with Gasteiger partial charge < -0.3 is 19.5 Å². The molecule has 200 valence electrons. The quantitative estimate of drug-likeness (QED) is 0.308. The van der Waals surface area contributed by atoms with Crippen LogP contribution in [0.2, 0.25) is 0 Å². The predicted molar refractivity (Wildman–Crippen MR) is 137 cm³/mol. The van der Waals surface area contributed by atoms with Crippen molar-refractivity contribution in [3.63, 3.8) is 0 Å². The highest BCUT2D eigenvalue weighted by molar-refractivity contribution is 5.95. The average Bonchev–Trinajstić information content (AvgIpc) is 3.41. The number of amides is 1. The van der Waals surface area contributed by atoms with Crippen LogP contribution in [0.15, 0.2) is 29.0 Å². The van der Waals surface area contributed by atoms with Gasteiger partial charge in [0.05, 0.1) is 18.7 Å². The number of carbonyl (C=O) groups excluding carboxylic acids is 1. The van der Waals surface area contributed by atoms with Gasteiger partial charge in [-0.25, -0.2) is 18.7 Å². The van der Waals surface area contributed by atoms with Crippen LogP contribution in [0.3, 0.4) is 0 Å². The Labute approximate surface area is 220 Å². The van der Waals surface area contributed by atoms with Crippen molar-refractivity contribution in [1.82, 2.24) is 25.4 Å². The topological polar surface area (TPSA) is 106 Å². The monoisotopic (exact) mass is 524 g/mol. The first kappa shape index (κ1) is 27.0. The number of anilines is 1. The van der Waals surface area contributed by atoms with Gasteiger partial charge in [-0.1, -0.05) is 24.9 Å². The van der Waals surface area contributed by atoms with Gasteiger partial charge >= 0.3 is 0 Å². The third-order valence-electron chi connectivity index (χ3n) is 6.35. The SMILES string of the molecule is C#CCNC(=O)c1c(F)cc(OCCCC2CCN(c3ncc(-c4noc(C(C)C)n4)cn3)CC2)cc1F. The Bertz CT molecular complexity index is 1260. The molecule has 38 heavy (non-hydrogen) atoms. The van der Waals surface area contributed by atoms with Crippen LogP contribution in [0.5, 0.6) is 5.75 Å². The summed E-state index contributed by atoms with van der Waals surface area (Å²) in [6, 6.07) is 2.03. The zero-order chi connectivity index (χ0) is 27.1. The summed E-state index contributed by atoms with van der Waals surface area (Å²) in [5, 5.41) is 6.24. The minimum Gasteiger partial charge on any atom is -0.493 e. The number of hydrogen-bond donors (Lipinski definition) is 1. The fourth-order valence-corrected chi connectivity index (χ4v) is 4.24. The summed E-state index contributed by atoms with van der Waals surface area (Å²) in [6.45, 7) is 5.85. The van der Waals surface area contributed by atoms with E-state index < -0.39 is 23.1 Å². The maximum absolute atomic E-state index is 14.2. The Hall–Kier alpha value is -4.07. The number of hydrogen-bond acceptors (Lipinski definition) is 8. The first-order chi connectivity index (χ1) is 18.4. The standard InChI is InChI=1S/C27H30F2N6O3/c1-4-9-30-25(36)23-21(28)13-20(14-22(23)29)37-12-5-6-18-7-10-35(11-8-18)27-31-15-19(16-32-27)24-33-26(17(2)3)38-34-24/h1,13-18H,5-12H2,2-3H3,(H,30,36). The first-order valence-electron chi connectivity index (χ1n) is 12.6. The lowest BCUT2D eigenvalue weighted by atomic mass is 9.92. The van der Waals surface area contributed by atoms with E-state index in [1.807, 2.05) is 13.8 Å². The van der Waals surface area contributed by atoms with E-state index in [4.69, 9.17) is 15.7 Å². The maximum Gasteiger partial charge on any atom is 0.258 e. The predicted octanol–water partition coefficient (Wildman–Crippen LogP) is 4.37. The minimum absolute atomic E-state index is 0.0464. The fraction of sp³-hybridized carbons (Fsp3) is 0.444. The lowest BCUT2D eigenvalue weighted by Gasteiger charge is -2.32. The maximum atomic E-state index is 14.2. The molecule has 1 saturated heterocycles. The molecule has 1 fully saturated rings. The Morgan fingerprint density at radius 3 is 2.53 bits per heavy atom. The lowest BCUT2D eigenvalue weighted by molar-refractivity contribution is 0.0950. The van der Waals surface area contributed by atoms with Gasteiger partial charge in [0.15, 0.2) is 0 Å². The van der Waals surface area contributed by atoms with Gasteiger partial charge in [0.2, 0.25) is 17.7 Å². The van der Waals surface area contributed by atoms with E-state index in [9.17, 15) is 13.6 Å². The molecular formula is C27H30F2N6O3. The summed E-state index contributed by atoms with van der Waals surface area (Å²) in [7, 11) is 0. The third-order valence-corrected chi connectivity index (χ3v) is 6.35. The molecule has 1 aromatic carbocycles. The molecule has 1 aliphatic rings. The Kier molecular flexibility index (Phi) is 8.84. The molecule has 11 heteroatoms. The van der Waals surface area contributed by atoms with Crippen molar-refractivity contribution in [3.05, 3.63) is 47.6 Å². The number of nitrogens with zero attached hydrogens (tertiary/aromatic N) is 5. The van der Waals surface area contributed by atoms with E-state index in [0.717, 1.165) is 50.9 Å². The number of carbonyl (C=O) groups is 1. The van der Waals surface area contributed by atoms with Crippen LogP contribution in [0.25, 0.3) is 11.4 Å². The molecule has 0 bridgehead atoms. The van der Waals surface area contributed by atoms with E-state index in [1.165, 1.54) is 0 Å². The summed E-state index contributed by atoms with van der Waals surface area (Å²) in [5.74, 6) is 1.74. The van der Waals surface area contributed by atoms with Crippen molar-refractivity contribution in [3.8, 4) is 29.5 Å². The van der Waals surface area contributed by atoms with Crippen LogP contribution in [0, 0.1) is 29.9 Å². The molecule has 3 heterocycles. The molecule has 0 unspecified atom stereocenters. The molecule has 4 rings (SSSR count). The molecule has 2 aromatic heterocycles. The van der Waals surface area contributed by atoms with Crippen molar-refractivity contribution in [2.75, 3.05) is 31.1 Å². The molecule has 0 spiro atoms. The molecule has 3 aromatic rings. The van der Waals surface area contributed by atoms with Crippen molar-refractivity contribution in [2.24, 2.45) is 5.92 Å². The van der Waals surface area contributed by atoms with Gasteiger partial charge in [-0.05, 0) is 31.6 Å². The largest absolute Gasteiger partial charge is 0.493 e. The zero-order valence-corrected chi connectivity index (χ0v) is 21.4. The number of aromatic nitrogens is 4. The van der Waals surface area contributed by atoms with Crippen LogP contribution < -0.4 is 15.0 Å². The molecule has 1 N–H and O–H groups in total. The lowest BCUT2D eigenvalue weighted by Crippen LogP contribution is -2.34. The summed E-state index contributed by atoms with van der Waals surface area (Å²) in [5.41, 5.74) is 0.0360. The highest BCUT2D eigenvalue weighted by atomic mass is 19.1. The van der Waals surface area contributed by atoms with Gasteiger partial charge in [0.25, 0.3) is 5.91 Å². The van der Waals surface area contributed by atoms with Crippen molar-refractivity contribution < 1.29 is 22.8 Å². The van der Waals surface area contributed by atoms with Gasteiger partial charge in [-0.15, -0.1) is 6.42 Å². The highest BCUT2D eigenvalue weighted by Gasteiger charge is 2.22. The van der Waals surface area contributed by atoms with Gasteiger partial charge in [-0.2, -0.15) is 4.98 Å². The van der Waals surface area contributed by atoms with E-state index in [1.54, 1.807) is 12.4 Å². The van der Waals surface area contributed by atoms with Gasteiger partial charge in [-0.3, -0.25) is 4.79 Å². The zero-order valence-electron chi connectivity index (χ0n) is 21.4. The smallest absolute Gasteiger partial charge is 0.258 e. The molecule has 0 aliphatic carbocycles. The second kappa shape index (κ2) is 12.4. The Balaban J connectivity index is 1.20. The first-order valence-corrected chi connectivity index (χ1v) is 12.6. The molecule has 0 atom stereocenters. The normalized spacial score (nSPS) is 13.9. The molecule has 9 nitrogen and oxygen atoms in total. The van der Waals surface area contributed by atoms with E-state index >= 15 is 0 Å². The number of piperidine rings is 1. The highest BCUT2D eigenvalue weighted by Crippen LogP contribution is 2.26. The minimum atomic E-state index is -0.991. The molecule has 0 radical (unpaired) electrons. The fourth-order valence-electron chi connectivity index (χ4n) is 4.24. The number of halogens is 2. The number of benzene rings is 1. The summed E-state index contributed by atoms with van der Waals surface area (Å²) >= 11 is 0. The van der Waals surface area contributed by atoms with Crippen LogP contribution in [0.4, 0.5) is 14.7 Å². The molecular weight excluding hydrogens is 494 g/mol. The van der Waals surface area contributed by atoms with Crippen LogP contribution in [-0.4, -0.2) is 52.3 Å². The van der Waals surface area contributed by atoms with Crippen LogP contribution >= 0.6 is 0 Å². The van der Waals surface area contributed by atoms with E-state index in [2.05, 4.69) is 36.2 Å². The number of terminal acetylenes is 1. The number of ether oxygens (including phenoxy) is 1. The van der Waals surface area contributed by atoms with Crippen molar-refractivity contribution in [2.45, 2.75) is 45.4 Å². The van der Waals surface area contributed by atoms with Gasteiger partial charge in [0.1, 0.15) is 22.9 Å². The van der Waals surface area contributed by atoms with E-state index in [0.29, 0.717) is 35.8 Å². The number of nitrogens with one attached hydrogen (secondary N) is 1. The third kappa shape index (κ3) is 6.62. The second-order valence-electron chi connectivity index (χ2n) is 9.45. The van der Waals surface area contributed by atoms with Gasteiger partial charge in [0, 0.05) is 43.5 Å². The van der Waals surface area contributed by atoms with E-state index in [-0.39, 0.29) is 18.2 Å². The molecule has 0 saturated carbocycles. The van der Waals surface area contributed by atoms with Crippen LogP contribution in [-0.2, 0) is 0 Å². The summed E-state index contributed by atoms with van der Waals surface area (Å²) in [4.78, 5) is 27.4. The van der Waals surface area contributed by atoms with Crippen LogP contribution in [0.1, 0.15) is 61.7 Å². The number of rotatable bonds is 10. The Morgan fingerprint density at radius 2 is 1.92 bits per heavy atom.